The maximum atomic E-state index is 11.9. The van der Waals surface area contributed by atoms with Gasteiger partial charge in [0.05, 0.1) is 11.1 Å². The number of benzene rings is 2. The first-order valence-corrected chi connectivity index (χ1v) is 7.83. The lowest BCUT2D eigenvalue weighted by molar-refractivity contribution is 0.0513. The van der Waals surface area contributed by atoms with E-state index in [-0.39, 0.29) is 23.2 Å². The van der Waals surface area contributed by atoms with Crippen molar-refractivity contribution in [2.24, 2.45) is 16.8 Å². The van der Waals surface area contributed by atoms with Gasteiger partial charge < -0.3 is 15.7 Å². The SMILES string of the molecule is CC(C)C(/C(N)=N/OC(=O)c1ccccc1)c1ccc(C(=O)O)cc1. The average Bonchev–Trinajstić information content (AvgIpc) is 2.60. The lowest BCUT2D eigenvalue weighted by Gasteiger charge is -2.20. The van der Waals surface area contributed by atoms with Crippen molar-refractivity contribution in [3.8, 4) is 0 Å². The first-order valence-electron chi connectivity index (χ1n) is 7.83. The molecule has 0 saturated carbocycles. The Kier molecular flexibility index (Phi) is 5.89. The normalized spacial score (nSPS) is 12.7. The van der Waals surface area contributed by atoms with Crippen LogP contribution < -0.4 is 5.73 Å². The number of carboxylic acid groups (broad SMARTS) is 1. The molecule has 2 rings (SSSR count). The van der Waals surface area contributed by atoms with Crippen molar-refractivity contribution in [1.29, 1.82) is 0 Å². The summed E-state index contributed by atoms with van der Waals surface area (Å²) in [7, 11) is 0. The van der Waals surface area contributed by atoms with Gasteiger partial charge in [-0.3, -0.25) is 0 Å². The zero-order valence-corrected chi connectivity index (χ0v) is 14.0. The maximum absolute atomic E-state index is 11.9. The Labute approximate surface area is 145 Å². The summed E-state index contributed by atoms with van der Waals surface area (Å²) in [6.07, 6.45) is 0. The van der Waals surface area contributed by atoms with E-state index in [1.165, 1.54) is 12.1 Å². The molecule has 0 aromatic heterocycles. The molecule has 2 aromatic rings. The summed E-state index contributed by atoms with van der Waals surface area (Å²) in [5.74, 6) is -1.65. The molecule has 0 aliphatic rings. The molecule has 0 spiro atoms. The van der Waals surface area contributed by atoms with Gasteiger partial charge in [0.25, 0.3) is 0 Å². The van der Waals surface area contributed by atoms with Crippen LogP contribution in [0.15, 0.2) is 59.8 Å². The van der Waals surface area contributed by atoms with Gasteiger partial charge in [-0.25, -0.2) is 9.59 Å². The highest BCUT2D eigenvalue weighted by Gasteiger charge is 2.21. The van der Waals surface area contributed by atoms with Crippen LogP contribution in [0.4, 0.5) is 0 Å². The van der Waals surface area contributed by atoms with Gasteiger partial charge in [-0.1, -0.05) is 49.3 Å². The summed E-state index contributed by atoms with van der Waals surface area (Å²) in [5.41, 5.74) is 7.41. The molecule has 0 saturated heterocycles. The molecule has 1 unspecified atom stereocenters. The summed E-state index contributed by atoms with van der Waals surface area (Å²) in [4.78, 5) is 27.8. The molecule has 6 nitrogen and oxygen atoms in total. The number of rotatable bonds is 6. The zero-order valence-electron chi connectivity index (χ0n) is 14.0. The average molecular weight is 340 g/mol. The van der Waals surface area contributed by atoms with Crippen LogP contribution in [-0.2, 0) is 4.84 Å². The number of amidine groups is 1. The van der Waals surface area contributed by atoms with Crippen molar-refractivity contribution in [3.05, 3.63) is 71.3 Å². The van der Waals surface area contributed by atoms with E-state index in [0.717, 1.165) is 5.56 Å². The first-order chi connectivity index (χ1) is 11.9. The molecular formula is C19H20N2O4. The zero-order chi connectivity index (χ0) is 18.4. The van der Waals surface area contributed by atoms with Gasteiger partial charge in [0.15, 0.2) is 0 Å². The Hall–Kier alpha value is -3.15. The lowest BCUT2D eigenvalue weighted by Crippen LogP contribution is -2.27. The van der Waals surface area contributed by atoms with Crippen LogP contribution in [0.1, 0.15) is 46.0 Å². The van der Waals surface area contributed by atoms with Gasteiger partial charge in [-0.05, 0) is 35.7 Å². The van der Waals surface area contributed by atoms with E-state index < -0.39 is 11.9 Å². The molecule has 25 heavy (non-hydrogen) atoms. The molecule has 2 aromatic carbocycles. The highest BCUT2D eigenvalue weighted by atomic mass is 16.7. The van der Waals surface area contributed by atoms with Gasteiger partial charge >= 0.3 is 11.9 Å². The second-order valence-electron chi connectivity index (χ2n) is 5.91. The number of hydrogen-bond acceptors (Lipinski definition) is 4. The summed E-state index contributed by atoms with van der Waals surface area (Å²) in [6.45, 7) is 3.91. The number of carboxylic acids is 1. The highest BCUT2D eigenvalue weighted by Crippen LogP contribution is 2.25. The highest BCUT2D eigenvalue weighted by molar-refractivity contribution is 5.92. The van der Waals surface area contributed by atoms with Gasteiger partial charge in [0, 0.05) is 5.92 Å². The maximum Gasteiger partial charge on any atom is 0.365 e. The molecule has 3 N–H and O–H groups in total. The van der Waals surface area contributed by atoms with Crippen molar-refractivity contribution < 1.29 is 19.5 Å². The van der Waals surface area contributed by atoms with Crippen molar-refractivity contribution in [3.63, 3.8) is 0 Å². The molecule has 0 aliphatic heterocycles. The fourth-order valence-electron chi connectivity index (χ4n) is 2.51. The third kappa shape index (κ3) is 4.67. The van der Waals surface area contributed by atoms with E-state index in [9.17, 15) is 9.59 Å². The van der Waals surface area contributed by atoms with Crippen LogP contribution in [0.5, 0.6) is 0 Å². The van der Waals surface area contributed by atoms with E-state index in [4.69, 9.17) is 15.7 Å². The fourth-order valence-corrected chi connectivity index (χ4v) is 2.51. The molecule has 6 heteroatoms. The summed E-state index contributed by atoms with van der Waals surface area (Å²) in [5, 5.41) is 12.8. The molecule has 0 heterocycles. The van der Waals surface area contributed by atoms with E-state index in [2.05, 4.69) is 5.16 Å². The standard InChI is InChI=1S/C19H20N2O4/c1-12(2)16(13-8-10-14(11-9-13)18(22)23)17(20)21-25-19(24)15-6-4-3-5-7-15/h3-12,16H,1-2H3,(H2,20,21)(H,22,23). The first kappa shape index (κ1) is 18.2. The Morgan fingerprint density at radius 1 is 1.00 bits per heavy atom. The van der Waals surface area contributed by atoms with Crippen molar-refractivity contribution >= 4 is 17.8 Å². The van der Waals surface area contributed by atoms with Crippen LogP contribution in [0, 0.1) is 5.92 Å². The van der Waals surface area contributed by atoms with Crippen LogP contribution in [0.25, 0.3) is 0 Å². The minimum atomic E-state index is -0.994. The monoisotopic (exact) mass is 340 g/mol. The van der Waals surface area contributed by atoms with E-state index in [1.54, 1.807) is 42.5 Å². The topological polar surface area (TPSA) is 102 Å². The number of hydrogen-bond donors (Lipinski definition) is 2. The Bertz CT molecular complexity index is 768. The van der Waals surface area contributed by atoms with Crippen LogP contribution in [-0.4, -0.2) is 22.9 Å². The minimum Gasteiger partial charge on any atom is -0.478 e. The van der Waals surface area contributed by atoms with Gasteiger partial charge in [-0.15, -0.1) is 0 Å². The Morgan fingerprint density at radius 2 is 1.60 bits per heavy atom. The van der Waals surface area contributed by atoms with Crippen molar-refractivity contribution in [2.45, 2.75) is 19.8 Å². The number of aromatic carboxylic acids is 1. The second kappa shape index (κ2) is 8.10. The number of oxime groups is 1. The lowest BCUT2D eigenvalue weighted by atomic mass is 9.87. The quantitative estimate of drug-likeness (QED) is 0.364. The molecule has 0 amide bonds. The smallest absolute Gasteiger partial charge is 0.365 e. The van der Waals surface area contributed by atoms with E-state index in [0.29, 0.717) is 5.56 Å². The molecule has 0 aliphatic carbocycles. The predicted molar refractivity (Wildman–Crippen MR) is 94.5 cm³/mol. The number of carbonyl (C=O) groups excluding carboxylic acids is 1. The summed E-state index contributed by atoms with van der Waals surface area (Å²) < 4.78 is 0. The minimum absolute atomic E-state index is 0.0786. The van der Waals surface area contributed by atoms with Gasteiger partial charge in [-0.2, -0.15) is 0 Å². The number of nitrogens with two attached hydrogens (primary N) is 1. The number of carbonyl (C=O) groups is 2. The van der Waals surface area contributed by atoms with Crippen molar-refractivity contribution in [2.75, 3.05) is 0 Å². The molecule has 1 atom stereocenters. The Morgan fingerprint density at radius 3 is 2.12 bits per heavy atom. The van der Waals surface area contributed by atoms with E-state index >= 15 is 0 Å². The molecule has 0 radical (unpaired) electrons. The second-order valence-corrected chi connectivity index (χ2v) is 5.91. The molecule has 0 bridgehead atoms. The fraction of sp³-hybridized carbons (Fsp3) is 0.211. The van der Waals surface area contributed by atoms with Gasteiger partial charge in [0.2, 0.25) is 0 Å². The molecule has 130 valence electrons. The predicted octanol–water partition coefficient (Wildman–Crippen LogP) is 3.25. The third-order valence-corrected chi connectivity index (χ3v) is 3.75. The number of nitrogens with zero attached hydrogens (tertiary/aromatic N) is 1. The van der Waals surface area contributed by atoms with E-state index in [1.807, 2.05) is 13.8 Å². The molecule has 0 fully saturated rings. The third-order valence-electron chi connectivity index (χ3n) is 3.75. The van der Waals surface area contributed by atoms with Crippen LogP contribution >= 0.6 is 0 Å². The van der Waals surface area contributed by atoms with Crippen LogP contribution in [0.3, 0.4) is 0 Å². The van der Waals surface area contributed by atoms with Crippen LogP contribution in [0.2, 0.25) is 0 Å². The summed E-state index contributed by atoms with van der Waals surface area (Å²) in [6, 6.07) is 14.9. The largest absolute Gasteiger partial charge is 0.478 e. The van der Waals surface area contributed by atoms with Crippen molar-refractivity contribution in [1.82, 2.24) is 0 Å². The molecular weight excluding hydrogens is 320 g/mol. The summed E-state index contributed by atoms with van der Waals surface area (Å²) >= 11 is 0. The Balaban J connectivity index is 2.18. The van der Waals surface area contributed by atoms with Gasteiger partial charge in [0.1, 0.15) is 5.84 Å².